The van der Waals surface area contributed by atoms with Crippen molar-refractivity contribution in [2.24, 2.45) is 5.92 Å². The zero-order valence-electron chi connectivity index (χ0n) is 30.2. The van der Waals surface area contributed by atoms with E-state index in [9.17, 15) is 23.5 Å². The van der Waals surface area contributed by atoms with E-state index in [0.717, 1.165) is 32.2 Å². The standard InChI is InChI=1S/C41H40F3N7O4/c1-3-29-32(43)9-6-23-14-28(52)15-30(34(23)29)36-35(44)37-31(17-45-36)38(47-40(46-37)55-22-41-11-5-12-50(41)19-25(42)16-41)49-20-26-7-8-27(21-49)51(26)39(54)24-10-13-48(18-24)33(53)4-2/h1,4,6,9,14-15,17,24-27,52H,2,5,7-8,10-13,16,18-22H2. The van der Waals surface area contributed by atoms with Crippen molar-refractivity contribution in [1.82, 2.24) is 29.7 Å². The minimum Gasteiger partial charge on any atom is -0.508 e. The first-order valence-electron chi connectivity index (χ1n) is 18.9. The second-order valence-electron chi connectivity index (χ2n) is 15.5. The van der Waals surface area contributed by atoms with Gasteiger partial charge in [0.15, 0.2) is 5.82 Å². The molecule has 0 saturated carbocycles. The minimum absolute atomic E-state index is 0.0321. The van der Waals surface area contributed by atoms with Crippen LogP contribution in [-0.2, 0) is 9.59 Å². The first-order chi connectivity index (χ1) is 26.6. The highest BCUT2D eigenvalue weighted by atomic mass is 19.1. The molecular weight excluding hydrogens is 711 g/mol. The molecule has 5 unspecified atom stereocenters. The minimum atomic E-state index is -0.970. The number of hydrogen-bond donors (Lipinski definition) is 1. The highest BCUT2D eigenvalue weighted by molar-refractivity contribution is 6.03. The van der Waals surface area contributed by atoms with E-state index in [0.29, 0.717) is 62.2 Å². The summed E-state index contributed by atoms with van der Waals surface area (Å²) in [4.78, 5) is 47.8. The number of ether oxygens (including phenoxy) is 1. The number of phenols is 1. The van der Waals surface area contributed by atoms with E-state index in [1.54, 1.807) is 4.90 Å². The molecule has 14 heteroatoms. The number of aromatic hydroxyl groups is 1. The lowest BCUT2D eigenvalue weighted by Crippen LogP contribution is -2.57. The summed E-state index contributed by atoms with van der Waals surface area (Å²) in [5.41, 5.74) is -0.800. The van der Waals surface area contributed by atoms with E-state index < -0.39 is 23.3 Å². The Balaban J connectivity index is 1.10. The summed E-state index contributed by atoms with van der Waals surface area (Å²) < 4.78 is 53.0. The lowest BCUT2D eigenvalue weighted by molar-refractivity contribution is -0.138. The molecule has 0 spiro atoms. The average Bonchev–Trinajstić information content (AvgIpc) is 3.95. The summed E-state index contributed by atoms with van der Waals surface area (Å²) in [6.07, 6.45) is 11.6. The van der Waals surface area contributed by atoms with Gasteiger partial charge in [0.2, 0.25) is 11.8 Å². The average molecular weight is 752 g/mol. The smallest absolute Gasteiger partial charge is 0.319 e. The fourth-order valence-corrected chi connectivity index (χ4v) is 9.85. The molecule has 1 N–H and O–H groups in total. The van der Waals surface area contributed by atoms with Crippen LogP contribution >= 0.6 is 0 Å². The highest BCUT2D eigenvalue weighted by Crippen LogP contribution is 2.43. The normalized spacial score (nSPS) is 26.2. The third kappa shape index (κ3) is 5.82. The maximum Gasteiger partial charge on any atom is 0.319 e. The van der Waals surface area contributed by atoms with E-state index in [-0.39, 0.29) is 75.9 Å². The molecule has 55 heavy (non-hydrogen) atoms. The molecule has 0 aliphatic carbocycles. The number of halogens is 3. The molecule has 0 radical (unpaired) electrons. The van der Waals surface area contributed by atoms with E-state index in [1.165, 1.54) is 36.5 Å². The number of pyridine rings is 1. The number of rotatable bonds is 7. The van der Waals surface area contributed by atoms with Gasteiger partial charge in [-0.25, -0.2) is 13.2 Å². The molecule has 5 aliphatic heterocycles. The van der Waals surface area contributed by atoms with Crippen LogP contribution in [0.2, 0.25) is 0 Å². The van der Waals surface area contributed by atoms with Gasteiger partial charge in [-0.1, -0.05) is 18.6 Å². The number of fused-ring (bicyclic) bond motifs is 5. The van der Waals surface area contributed by atoms with Gasteiger partial charge in [-0.3, -0.25) is 19.5 Å². The largest absolute Gasteiger partial charge is 0.508 e. The molecule has 284 valence electrons. The number of alkyl halides is 1. The van der Waals surface area contributed by atoms with Crippen molar-refractivity contribution in [3.8, 4) is 35.4 Å². The van der Waals surface area contributed by atoms with Crippen LogP contribution in [0, 0.1) is 29.9 Å². The van der Waals surface area contributed by atoms with Gasteiger partial charge in [-0.2, -0.15) is 9.97 Å². The lowest BCUT2D eigenvalue weighted by atomic mass is 9.95. The lowest BCUT2D eigenvalue weighted by Gasteiger charge is -2.42. The van der Waals surface area contributed by atoms with E-state index in [4.69, 9.17) is 16.1 Å². The Labute approximate surface area is 315 Å². The number of nitrogens with zero attached hydrogens (tertiary/aromatic N) is 7. The molecule has 2 bridgehead atoms. The highest BCUT2D eigenvalue weighted by Gasteiger charge is 2.50. The van der Waals surface area contributed by atoms with Gasteiger partial charge in [0.05, 0.1) is 22.4 Å². The Bertz CT molecular complexity index is 2300. The predicted molar refractivity (Wildman–Crippen MR) is 199 cm³/mol. The number of carbonyl (C=O) groups excluding carboxylic acids is 2. The van der Waals surface area contributed by atoms with Crippen LogP contribution in [0.25, 0.3) is 32.9 Å². The van der Waals surface area contributed by atoms with Gasteiger partial charge in [-0.05, 0) is 68.3 Å². The molecule has 9 rings (SSSR count). The van der Waals surface area contributed by atoms with Crippen LogP contribution in [0.5, 0.6) is 11.8 Å². The number of amides is 2. The molecule has 4 aromatic rings. The predicted octanol–water partition coefficient (Wildman–Crippen LogP) is 4.98. The molecule has 2 amide bonds. The SMILES string of the molecule is C#Cc1c(F)ccc2cc(O)cc(-c3ncc4c(N5CC6CCC(C5)N6C(=O)C5CCN(C(=O)C=C)C5)nc(OCC56CCCN5CC(F)C6)nc4c3F)c12. The Morgan fingerprint density at radius 3 is 2.65 bits per heavy atom. The fourth-order valence-electron chi connectivity index (χ4n) is 9.85. The van der Waals surface area contributed by atoms with E-state index >= 15 is 4.39 Å². The van der Waals surface area contributed by atoms with Gasteiger partial charge in [0.1, 0.15) is 41.4 Å². The molecular formula is C41H40F3N7O4. The molecule has 7 heterocycles. The number of carbonyl (C=O) groups is 2. The number of piperazine rings is 1. The van der Waals surface area contributed by atoms with Crippen LogP contribution in [0.3, 0.4) is 0 Å². The summed E-state index contributed by atoms with van der Waals surface area (Å²) >= 11 is 0. The number of likely N-dealkylation sites (tertiary alicyclic amines) is 1. The second kappa shape index (κ2) is 13.4. The number of aromatic nitrogens is 3. The quantitative estimate of drug-likeness (QED) is 0.206. The summed E-state index contributed by atoms with van der Waals surface area (Å²) in [6, 6.07) is 5.02. The molecule has 2 aromatic carbocycles. The topological polar surface area (TPSA) is 115 Å². The third-order valence-electron chi connectivity index (χ3n) is 12.4. The van der Waals surface area contributed by atoms with Crippen molar-refractivity contribution in [1.29, 1.82) is 0 Å². The van der Waals surface area contributed by atoms with Crippen LogP contribution < -0.4 is 9.64 Å². The number of phenolic OH excluding ortho intramolecular Hbond substituents is 1. The van der Waals surface area contributed by atoms with Gasteiger partial charge >= 0.3 is 6.01 Å². The summed E-state index contributed by atoms with van der Waals surface area (Å²) in [6.45, 7) is 6.52. The van der Waals surface area contributed by atoms with Crippen molar-refractivity contribution in [3.63, 3.8) is 0 Å². The van der Waals surface area contributed by atoms with Crippen LogP contribution in [-0.4, -0.2) is 116 Å². The zero-order chi connectivity index (χ0) is 38.2. The zero-order valence-corrected chi connectivity index (χ0v) is 30.2. The van der Waals surface area contributed by atoms with Crippen LogP contribution in [0.15, 0.2) is 43.1 Å². The first-order valence-corrected chi connectivity index (χ1v) is 18.9. The maximum atomic E-state index is 17.1. The summed E-state index contributed by atoms with van der Waals surface area (Å²) in [5, 5.41) is 11.6. The van der Waals surface area contributed by atoms with Crippen LogP contribution in [0.4, 0.5) is 19.0 Å². The third-order valence-corrected chi connectivity index (χ3v) is 12.4. The van der Waals surface area contributed by atoms with E-state index in [2.05, 4.69) is 27.4 Å². The first kappa shape index (κ1) is 35.3. The van der Waals surface area contributed by atoms with Gasteiger partial charge < -0.3 is 24.5 Å². The van der Waals surface area contributed by atoms with E-state index in [1.807, 2.05) is 9.80 Å². The number of anilines is 1. The Hall–Kier alpha value is -5.42. The monoisotopic (exact) mass is 751 g/mol. The van der Waals surface area contributed by atoms with Crippen LogP contribution in [0.1, 0.15) is 44.1 Å². The van der Waals surface area contributed by atoms with Crippen molar-refractivity contribution in [2.45, 2.75) is 62.3 Å². The van der Waals surface area contributed by atoms with Crippen molar-refractivity contribution in [2.75, 3.05) is 50.8 Å². The van der Waals surface area contributed by atoms with Crippen molar-refractivity contribution in [3.05, 3.63) is 60.3 Å². The van der Waals surface area contributed by atoms with Gasteiger partial charge in [-0.15, -0.1) is 6.42 Å². The van der Waals surface area contributed by atoms with Gasteiger partial charge in [0.25, 0.3) is 0 Å². The molecule has 5 saturated heterocycles. The number of terminal acetylenes is 1. The molecule has 5 atom stereocenters. The van der Waals surface area contributed by atoms with Crippen molar-refractivity contribution < 1.29 is 32.6 Å². The number of benzene rings is 2. The molecule has 5 fully saturated rings. The second-order valence-corrected chi connectivity index (χ2v) is 15.5. The Kier molecular flexibility index (Phi) is 8.60. The molecule has 11 nitrogen and oxygen atoms in total. The molecule has 2 aromatic heterocycles. The Morgan fingerprint density at radius 1 is 1.09 bits per heavy atom. The number of hydrogen-bond acceptors (Lipinski definition) is 9. The maximum absolute atomic E-state index is 17.1. The molecule has 5 aliphatic rings. The Morgan fingerprint density at radius 2 is 1.89 bits per heavy atom. The van der Waals surface area contributed by atoms with Gasteiger partial charge in [0, 0.05) is 68.4 Å². The fraction of sp³-hybridized carbons (Fsp3) is 0.439. The summed E-state index contributed by atoms with van der Waals surface area (Å²) in [5.74, 6) is 0.612. The summed E-state index contributed by atoms with van der Waals surface area (Å²) in [7, 11) is 0. The van der Waals surface area contributed by atoms with Crippen molar-refractivity contribution >= 4 is 39.3 Å².